The van der Waals surface area contributed by atoms with Gasteiger partial charge in [-0.15, -0.1) is 0 Å². The molecule has 1 saturated carbocycles. The molecule has 0 bridgehead atoms. The third kappa shape index (κ3) is 4.02. The van der Waals surface area contributed by atoms with Crippen molar-refractivity contribution in [3.63, 3.8) is 0 Å². The molecule has 0 heterocycles. The lowest BCUT2D eigenvalue weighted by Crippen LogP contribution is -2.44. The maximum atomic E-state index is 12.6. The van der Waals surface area contributed by atoms with E-state index in [1.807, 2.05) is 54.6 Å². The highest BCUT2D eigenvalue weighted by molar-refractivity contribution is 5.78. The average molecular weight is 339 g/mol. The van der Waals surface area contributed by atoms with E-state index in [9.17, 15) is 9.90 Å². The molecule has 1 unspecified atom stereocenters. The molecule has 132 valence electrons. The van der Waals surface area contributed by atoms with E-state index in [1.165, 1.54) is 0 Å². The van der Waals surface area contributed by atoms with Gasteiger partial charge in [0.05, 0.1) is 25.2 Å². The summed E-state index contributed by atoms with van der Waals surface area (Å²) in [5.74, 6) is 0.691. The largest absolute Gasteiger partial charge is 0.497 e. The maximum absolute atomic E-state index is 12.6. The zero-order valence-corrected chi connectivity index (χ0v) is 14.6. The molecule has 4 nitrogen and oxygen atoms in total. The fourth-order valence-electron chi connectivity index (χ4n) is 3.66. The van der Waals surface area contributed by atoms with Gasteiger partial charge in [-0.25, -0.2) is 0 Å². The molecule has 1 aliphatic rings. The van der Waals surface area contributed by atoms with Crippen LogP contribution in [0.1, 0.15) is 49.3 Å². The van der Waals surface area contributed by atoms with Gasteiger partial charge in [-0.1, -0.05) is 55.3 Å². The fraction of sp³-hybridized carbons (Fsp3) is 0.381. The van der Waals surface area contributed by atoms with Crippen molar-refractivity contribution in [1.82, 2.24) is 5.32 Å². The second kappa shape index (κ2) is 7.70. The number of nitrogens with one attached hydrogen (secondary N) is 1. The van der Waals surface area contributed by atoms with Gasteiger partial charge in [0, 0.05) is 0 Å². The Kier molecular flexibility index (Phi) is 5.39. The van der Waals surface area contributed by atoms with E-state index in [4.69, 9.17) is 4.74 Å². The van der Waals surface area contributed by atoms with E-state index in [2.05, 4.69) is 5.32 Å². The molecule has 25 heavy (non-hydrogen) atoms. The third-order valence-electron chi connectivity index (χ3n) is 5.04. The molecule has 4 heteroatoms. The van der Waals surface area contributed by atoms with Gasteiger partial charge in [-0.3, -0.25) is 4.79 Å². The molecule has 1 fully saturated rings. The van der Waals surface area contributed by atoms with Crippen LogP contribution in [0, 0.1) is 0 Å². The number of aliphatic hydroxyl groups excluding tert-OH is 1. The van der Waals surface area contributed by atoms with Crippen molar-refractivity contribution >= 4 is 5.91 Å². The van der Waals surface area contributed by atoms with Crippen molar-refractivity contribution in [3.05, 3.63) is 65.7 Å². The number of aliphatic hydroxyl groups is 1. The van der Waals surface area contributed by atoms with Crippen molar-refractivity contribution in [3.8, 4) is 5.75 Å². The Morgan fingerprint density at radius 2 is 1.76 bits per heavy atom. The van der Waals surface area contributed by atoms with E-state index in [0.29, 0.717) is 0 Å². The van der Waals surface area contributed by atoms with Gasteiger partial charge in [0.1, 0.15) is 5.75 Å². The maximum Gasteiger partial charge on any atom is 0.223 e. The van der Waals surface area contributed by atoms with Crippen LogP contribution >= 0.6 is 0 Å². The molecule has 1 atom stereocenters. The molecule has 1 amide bonds. The number of hydrogen-bond donors (Lipinski definition) is 2. The van der Waals surface area contributed by atoms with Gasteiger partial charge in [0.15, 0.2) is 0 Å². The van der Waals surface area contributed by atoms with Gasteiger partial charge in [-0.05, 0) is 36.1 Å². The van der Waals surface area contributed by atoms with Crippen molar-refractivity contribution in [2.75, 3.05) is 7.11 Å². The van der Waals surface area contributed by atoms with Crippen LogP contribution in [0.4, 0.5) is 0 Å². The van der Waals surface area contributed by atoms with E-state index < -0.39 is 6.10 Å². The lowest BCUT2D eigenvalue weighted by atomic mass is 9.87. The summed E-state index contributed by atoms with van der Waals surface area (Å²) in [6, 6.07) is 17.2. The molecular weight excluding hydrogens is 314 g/mol. The summed E-state index contributed by atoms with van der Waals surface area (Å²) >= 11 is 0. The Morgan fingerprint density at radius 1 is 1.12 bits per heavy atom. The SMILES string of the molecule is COc1ccc(C2(NC(=O)CC(O)c3ccccc3)CCCC2)cc1. The van der Waals surface area contributed by atoms with Crippen LogP contribution in [-0.2, 0) is 10.3 Å². The Bertz CT molecular complexity index is 691. The number of carbonyl (C=O) groups is 1. The van der Waals surface area contributed by atoms with Crippen LogP contribution in [0.2, 0.25) is 0 Å². The quantitative estimate of drug-likeness (QED) is 0.843. The standard InChI is InChI=1S/C21H25NO3/c1-25-18-11-9-17(10-12-18)21(13-5-6-14-21)22-20(24)15-19(23)16-7-3-2-4-8-16/h2-4,7-12,19,23H,5-6,13-15H2,1H3,(H,22,24). The number of methoxy groups -OCH3 is 1. The number of benzene rings is 2. The van der Waals surface area contributed by atoms with Crippen molar-refractivity contribution in [1.29, 1.82) is 0 Å². The highest BCUT2D eigenvalue weighted by Gasteiger charge is 2.37. The summed E-state index contributed by atoms with van der Waals surface area (Å²) in [6.07, 6.45) is 3.32. The molecule has 0 aliphatic heterocycles. The molecule has 0 radical (unpaired) electrons. The number of rotatable bonds is 6. The van der Waals surface area contributed by atoms with Crippen LogP contribution in [0.15, 0.2) is 54.6 Å². The van der Waals surface area contributed by atoms with Gasteiger partial charge in [0.2, 0.25) is 5.91 Å². The molecule has 0 spiro atoms. The second-order valence-electron chi connectivity index (χ2n) is 6.70. The molecule has 3 rings (SSSR count). The highest BCUT2D eigenvalue weighted by atomic mass is 16.5. The summed E-state index contributed by atoms with van der Waals surface area (Å²) in [5, 5.41) is 13.5. The predicted molar refractivity (Wildman–Crippen MR) is 97.3 cm³/mol. The molecular formula is C21H25NO3. The summed E-state index contributed by atoms with van der Waals surface area (Å²) < 4.78 is 5.23. The summed E-state index contributed by atoms with van der Waals surface area (Å²) in [4.78, 5) is 12.6. The number of carbonyl (C=O) groups excluding carboxylic acids is 1. The Hall–Kier alpha value is -2.33. The van der Waals surface area contributed by atoms with Gasteiger partial charge in [0.25, 0.3) is 0 Å². The first kappa shape index (κ1) is 17.5. The van der Waals surface area contributed by atoms with Crippen molar-refractivity contribution in [2.45, 2.75) is 43.7 Å². The van der Waals surface area contributed by atoms with Gasteiger partial charge in [-0.2, -0.15) is 0 Å². The smallest absolute Gasteiger partial charge is 0.223 e. The first-order valence-corrected chi connectivity index (χ1v) is 8.81. The van der Waals surface area contributed by atoms with Gasteiger partial charge >= 0.3 is 0 Å². The monoisotopic (exact) mass is 339 g/mol. The van der Waals surface area contributed by atoms with Crippen molar-refractivity contribution in [2.24, 2.45) is 0 Å². The summed E-state index contributed by atoms with van der Waals surface area (Å²) in [5.41, 5.74) is 1.54. The third-order valence-corrected chi connectivity index (χ3v) is 5.04. The molecule has 2 aromatic carbocycles. The minimum absolute atomic E-state index is 0.0713. The topological polar surface area (TPSA) is 58.6 Å². The number of amides is 1. The minimum Gasteiger partial charge on any atom is -0.497 e. The average Bonchev–Trinajstić information content (AvgIpc) is 3.12. The van der Waals surface area contributed by atoms with Gasteiger partial charge < -0.3 is 15.2 Å². The summed E-state index contributed by atoms with van der Waals surface area (Å²) in [6.45, 7) is 0. The van der Waals surface area contributed by atoms with E-state index >= 15 is 0 Å². The van der Waals surface area contributed by atoms with Crippen LogP contribution in [0.25, 0.3) is 0 Å². The fourth-order valence-corrected chi connectivity index (χ4v) is 3.66. The van der Waals surface area contributed by atoms with Crippen molar-refractivity contribution < 1.29 is 14.6 Å². The highest BCUT2D eigenvalue weighted by Crippen LogP contribution is 2.39. The predicted octanol–water partition coefficient (Wildman–Crippen LogP) is 3.70. The van der Waals surface area contributed by atoms with E-state index in [0.717, 1.165) is 42.6 Å². The Morgan fingerprint density at radius 3 is 2.36 bits per heavy atom. The minimum atomic E-state index is -0.782. The van der Waals surface area contributed by atoms with Crippen LogP contribution < -0.4 is 10.1 Å². The zero-order valence-electron chi connectivity index (χ0n) is 14.6. The first-order chi connectivity index (χ1) is 12.1. The molecule has 0 saturated heterocycles. The molecule has 0 aromatic heterocycles. The Balaban J connectivity index is 1.71. The zero-order chi connectivity index (χ0) is 17.7. The first-order valence-electron chi connectivity index (χ1n) is 8.81. The van der Waals surface area contributed by atoms with Crippen LogP contribution in [0.3, 0.4) is 0 Å². The van der Waals surface area contributed by atoms with E-state index in [-0.39, 0.29) is 17.9 Å². The number of hydrogen-bond acceptors (Lipinski definition) is 3. The normalized spacial score (nSPS) is 17.0. The Labute approximate surface area is 148 Å². The number of ether oxygens (including phenoxy) is 1. The summed E-state index contributed by atoms with van der Waals surface area (Å²) in [7, 11) is 1.65. The molecule has 2 aromatic rings. The molecule has 2 N–H and O–H groups in total. The lowest BCUT2D eigenvalue weighted by molar-refractivity contribution is -0.125. The van der Waals surface area contributed by atoms with E-state index in [1.54, 1.807) is 7.11 Å². The van der Waals surface area contributed by atoms with Crippen LogP contribution in [-0.4, -0.2) is 18.1 Å². The molecule has 1 aliphatic carbocycles. The lowest BCUT2D eigenvalue weighted by Gasteiger charge is -2.31. The second-order valence-corrected chi connectivity index (χ2v) is 6.70. The van der Waals surface area contributed by atoms with Crippen LogP contribution in [0.5, 0.6) is 5.75 Å².